The van der Waals surface area contributed by atoms with Crippen LogP contribution in [0.1, 0.15) is 23.2 Å². The van der Waals surface area contributed by atoms with Crippen LogP contribution in [-0.2, 0) is 0 Å². The predicted molar refractivity (Wildman–Crippen MR) is 89.3 cm³/mol. The first-order valence-electron chi connectivity index (χ1n) is 8.44. The molecular formula is C18H20N2O5. The lowest BCUT2D eigenvalue weighted by Gasteiger charge is -2.31. The fraction of sp³-hybridized carbons (Fsp3) is 0.444. The summed E-state index contributed by atoms with van der Waals surface area (Å²) >= 11 is 0. The molecule has 4 atom stereocenters. The Morgan fingerprint density at radius 3 is 2.24 bits per heavy atom. The zero-order chi connectivity index (χ0) is 17.6. The van der Waals surface area contributed by atoms with E-state index in [1.165, 1.54) is 0 Å². The van der Waals surface area contributed by atoms with Crippen molar-refractivity contribution in [2.45, 2.75) is 25.0 Å². The first-order valence-corrected chi connectivity index (χ1v) is 8.44. The molecule has 7 nitrogen and oxygen atoms in total. The van der Waals surface area contributed by atoms with Gasteiger partial charge in [-0.05, 0) is 24.7 Å². The third-order valence-corrected chi connectivity index (χ3v) is 5.33. The van der Waals surface area contributed by atoms with E-state index in [2.05, 4.69) is 5.16 Å². The standard InChI is InChI=1S/C18H20N2O5/c21-13-6-11-8-20(9-12(11)7-14(13)22)17-15(18(23)24)16(25-19-17)10-4-2-1-3-5-10/h1-5,11-14,21-22H,6-9H2,(H,23,24)/t11-,12+,13+,14-. The van der Waals surface area contributed by atoms with Gasteiger partial charge in [0.25, 0.3) is 0 Å². The van der Waals surface area contributed by atoms with Crippen molar-refractivity contribution in [1.29, 1.82) is 0 Å². The van der Waals surface area contributed by atoms with Crippen molar-refractivity contribution in [3.8, 4) is 11.3 Å². The summed E-state index contributed by atoms with van der Waals surface area (Å²) in [6, 6.07) is 9.05. The Bertz CT molecular complexity index is 757. The van der Waals surface area contributed by atoms with E-state index in [1.54, 1.807) is 12.1 Å². The van der Waals surface area contributed by atoms with Gasteiger partial charge in [-0.25, -0.2) is 4.79 Å². The molecule has 1 aliphatic heterocycles. The van der Waals surface area contributed by atoms with Gasteiger partial charge in [0.1, 0.15) is 0 Å². The number of carboxylic acids is 1. The molecule has 2 aliphatic rings. The number of rotatable bonds is 3. The topological polar surface area (TPSA) is 107 Å². The molecule has 0 spiro atoms. The molecule has 0 amide bonds. The van der Waals surface area contributed by atoms with Crippen LogP contribution >= 0.6 is 0 Å². The lowest BCUT2D eigenvalue weighted by molar-refractivity contribution is -0.0372. The van der Waals surface area contributed by atoms with E-state index in [9.17, 15) is 20.1 Å². The molecular weight excluding hydrogens is 324 g/mol. The van der Waals surface area contributed by atoms with Gasteiger partial charge in [-0.2, -0.15) is 0 Å². The van der Waals surface area contributed by atoms with E-state index >= 15 is 0 Å². The predicted octanol–water partition coefficient (Wildman–Crippen LogP) is 1.61. The molecule has 1 aromatic heterocycles. The van der Waals surface area contributed by atoms with Crippen LogP contribution in [0.2, 0.25) is 0 Å². The summed E-state index contributed by atoms with van der Waals surface area (Å²) in [5.74, 6) is -0.0679. The second-order valence-corrected chi connectivity index (χ2v) is 6.91. The molecule has 1 aliphatic carbocycles. The average Bonchev–Trinajstić information content (AvgIpc) is 3.20. The second kappa shape index (κ2) is 6.16. The minimum absolute atomic E-state index is 0.0611. The van der Waals surface area contributed by atoms with Crippen LogP contribution in [-0.4, -0.2) is 51.7 Å². The normalized spacial score (nSPS) is 28.8. The first-order chi connectivity index (χ1) is 12.0. The van der Waals surface area contributed by atoms with Gasteiger partial charge in [0.2, 0.25) is 0 Å². The largest absolute Gasteiger partial charge is 0.477 e. The highest BCUT2D eigenvalue weighted by Crippen LogP contribution is 2.40. The van der Waals surface area contributed by atoms with Crippen LogP contribution in [0.15, 0.2) is 34.9 Å². The number of fused-ring (bicyclic) bond motifs is 1. The number of nitrogens with zero attached hydrogens (tertiary/aromatic N) is 2. The summed E-state index contributed by atoms with van der Waals surface area (Å²) in [7, 11) is 0. The van der Waals surface area contributed by atoms with E-state index in [0.717, 1.165) is 0 Å². The molecule has 0 radical (unpaired) electrons. The van der Waals surface area contributed by atoms with E-state index in [4.69, 9.17) is 4.52 Å². The van der Waals surface area contributed by atoms with Crippen molar-refractivity contribution in [3.63, 3.8) is 0 Å². The number of hydrogen-bond donors (Lipinski definition) is 3. The lowest BCUT2D eigenvalue weighted by atomic mass is 9.79. The summed E-state index contributed by atoms with van der Waals surface area (Å²) in [6.45, 7) is 1.21. The Balaban J connectivity index is 1.66. The highest BCUT2D eigenvalue weighted by molar-refractivity contribution is 5.99. The van der Waals surface area contributed by atoms with Crippen molar-refractivity contribution in [2.75, 3.05) is 18.0 Å². The number of aromatic nitrogens is 1. The smallest absolute Gasteiger partial charge is 0.343 e. The molecule has 1 aromatic carbocycles. The summed E-state index contributed by atoms with van der Waals surface area (Å²) in [5, 5.41) is 33.5. The molecule has 3 N–H and O–H groups in total. The van der Waals surface area contributed by atoms with Crippen LogP contribution in [0, 0.1) is 11.8 Å². The summed E-state index contributed by atoms with van der Waals surface area (Å²) in [5.41, 5.74) is 0.729. The van der Waals surface area contributed by atoms with E-state index < -0.39 is 18.2 Å². The van der Waals surface area contributed by atoms with Crippen LogP contribution < -0.4 is 4.90 Å². The monoisotopic (exact) mass is 344 g/mol. The molecule has 2 fully saturated rings. The van der Waals surface area contributed by atoms with Gasteiger partial charge in [-0.3, -0.25) is 0 Å². The summed E-state index contributed by atoms with van der Waals surface area (Å²) < 4.78 is 5.38. The molecule has 4 rings (SSSR count). The minimum atomic E-state index is -1.08. The third-order valence-electron chi connectivity index (χ3n) is 5.33. The SMILES string of the molecule is O=C(O)c1c(N2C[C@H]3C[C@H](O)[C@H](O)C[C@H]3C2)noc1-c1ccccc1. The van der Waals surface area contributed by atoms with E-state index in [1.807, 2.05) is 23.1 Å². The first kappa shape index (κ1) is 16.1. The molecule has 1 saturated heterocycles. The van der Waals surface area contributed by atoms with E-state index in [-0.39, 0.29) is 23.2 Å². The fourth-order valence-corrected chi connectivity index (χ4v) is 4.06. The zero-order valence-electron chi connectivity index (χ0n) is 13.6. The number of aromatic carboxylic acids is 1. The molecule has 2 aromatic rings. The molecule has 0 bridgehead atoms. The Labute approximate surface area is 144 Å². The molecule has 132 valence electrons. The molecule has 0 unspecified atom stereocenters. The van der Waals surface area contributed by atoms with Crippen molar-refractivity contribution in [1.82, 2.24) is 5.16 Å². The maximum Gasteiger partial charge on any atom is 0.343 e. The van der Waals surface area contributed by atoms with Gasteiger partial charge in [-0.15, -0.1) is 0 Å². The van der Waals surface area contributed by atoms with Crippen molar-refractivity contribution >= 4 is 11.8 Å². The maximum absolute atomic E-state index is 11.8. The van der Waals surface area contributed by atoms with Crippen LogP contribution in [0.5, 0.6) is 0 Å². The number of carboxylic acid groups (broad SMARTS) is 1. The molecule has 2 heterocycles. The lowest BCUT2D eigenvalue weighted by Crippen LogP contribution is -2.38. The Kier molecular flexibility index (Phi) is 3.97. The quantitative estimate of drug-likeness (QED) is 0.776. The number of aliphatic hydroxyl groups excluding tert-OH is 2. The van der Waals surface area contributed by atoms with Crippen LogP contribution in [0.3, 0.4) is 0 Å². The Morgan fingerprint density at radius 1 is 1.08 bits per heavy atom. The molecule has 25 heavy (non-hydrogen) atoms. The number of hydrogen-bond acceptors (Lipinski definition) is 6. The second-order valence-electron chi connectivity index (χ2n) is 6.91. The van der Waals surface area contributed by atoms with Gasteiger partial charge < -0.3 is 24.7 Å². The number of carbonyl (C=O) groups is 1. The molecule has 1 saturated carbocycles. The minimum Gasteiger partial charge on any atom is -0.477 e. The highest BCUT2D eigenvalue weighted by atomic mass is 16.5. The summed E-state index contributed by atoms with van der Waals surface area (Å²) in [6.07, 6.45) is -0.378. The molecule has 7 heteroatoms. The van der Waals surface area contributed by atoms with Gasteiger partial charge in [0.05, 0.1) is 12.2 Å². The third kappa shape index (κ3) is 2.79. The van der Waals surface area contributed by atoms with Crippen molar-refractivity contribution < 1.29 is 24.6 Å². The van der Waals surface area contributed by atoms with Crippen molar-refractivity contribution in [3.05, 3.63) is 35.9 Å². The highest BCUT2D eigenvalue weighted by Gasteiger charge is 2.43. The number of benzene rings is 1. The number of aliphatic hydroxyl groups is 2. The average molecular weight is 344 g/mol. The fourth-order valence-electron chi connectivity index (χ4n) is 4.06. The zero-order valence-corrected chi connectivity index (χ0v) is 13.6. The van der Waals surface area contributed by atoms with E-state index in [0.29, 0.717) is 37.3 Å². The van der Waals surface area contributed by atoms with Crippen LogP contribution in [0.25, 0.3) is 11.3 Å². The maximum atomic E-state index is 11.8. The number of anilines is 1. The van der Waals surface area contributed by atoms with Gasteiger partial charge in [0, 0.05) is 18.7 Å². The van der Waals surface area contributed by atoms with Crippen molar-refractivity contribution in [2.24, 2.45) is 11.8 Å². The van der Waals surface area contributed by atoms with Gasteiger partial charge in [0.15, 0.2) is 17.1 Å². The Hall–Kier alpha value is -2.38. The van der Waals surface area contributed by atoms with Crippen LogP contribution in [0.4, 0.5) is 5.82 Å². The Morgan fingerprint density at radius 2 is 1.68 bits per heavy atom. The summed E-state index contributed by atoms with van der Waals surface area (Å²) in [4.78, 5) is 13.7. The van der Waals surface area contributed by atoms with Gasteiger partial charge in [-0.1, -0.05) is 35.5 Å². The van der Waals surface area contributed by atoms with Gasteiger partial charge >= 0.3 is 5.97 Å².